The number of carbonyl (C=O) groups excluding carboxylic acids is 2. The Morgan fingerprint density at radius 3 is 2.41 bits per heavy atom. The van der Waals surface area contributed by atoms with Crippen molar-refractivity contribution < 1.29 is 37.0 Å². The zero-order chi connectivity index (χ0) is 31.9. The van der Waals surface area contributed by atoms with Crippen LogP contribution in [0.4, 0.5) is 18.0 Å². The van der Waals surface area contributed by atoms with Gasteiger partial charge in [-0.2, -0.15) is 13.2 Å². The van der Waals surface area contributed by atoms with E-state index in [4.69, 9.17) is 19.2 Å². The maximum Gasteiger partial charge on any atom is 0.429 e. The van der Waals surface area contributed by atoms with E-state index in [0.717, 1.165) is 0 Å². The van der Waals surface area contributed by atoms with Crippen LogP contribution < -0.4 is 9.75 Å². The molecule has 0 bridgehead atoms. The summed E-state index contributed by atoms with van der Waals surface area (Å²) in [6.07, 6.45) is -3.41. The van der Waals surface area contributed by atoms with Crippen LogP contribution in [0.5, 0.6) is 5.75 Å². The first-order chi connectivity index (χ1) is 20.8. The Morgan fingerprint density at radius 1 is 1.00 bits per heavy atom. The molecule has 13 heteroatoms. The molecule has 2 aromatic carbocycles. The van der Waals surface area contributed by atoms with E-state index in [9.17, 15) is 22.8 Å². The molecule has 0 atom stereocenters. The number of ether oxygens (including phenoxy) is 3. The number of imidazole rings is 1. The largest absolute Gasteiger partial charge is 0.484 e. The Hall–Kier alpha value is -4.26. The summed E-state index contributed by atoms with van der Waals surface area (Å²) in [6, 6.07) is 17.2. The number of aromatic nitrogens is 3. The van der Waals surface area contributed by atoms with Gasteiger partial charge in [0.15, 0.2) is 11.8 Å². The van der Waals surface area contributed by atoms with Gasteiger partial charge in [-0.25, -0.2) is 24.3 Å². The number of alkyl halides is 3. The second-order valence-corrected chi connectivity index (χ2v) is 11.7. The van der Waals surface area contributed by atoms with Crippen molar-refractivity contribution in [3.05, 3.63) is 83.7 Å². The number of carbonyl (C=O) groups is 2. The van der Waals surface area contributed by atoms with E-state index in [2.05, 4.69) is 4.98 Å². The Morgan fingerprint density at radius 2 is 1.70 bits per heavy atom. The average Bonchev–Trinajstić information content (AvgIpc) is 3.33. The van der Waals surface area contributed by atoms with Gasteiger partial charge in [0.25, 0.3) is 0 Å². The van der Waals surface area contributed by atoms with Crippen molar-refractivity contribution in [2.45, 2.75) is 56.8 Å². The molecule has 2 aromatic heterocycles. The number of halogens is 3. The lowest BCUT2D eigenvalue weighted by molar-refractivity contribution is -0.153. The van der Waals surface area contributed by atoms with Gasteiger partial charge in [0.1, 0.15) is 11.4 Å². The molecule has 44 heavy (non-hydrogen) atoms. The van der Waals surface area contributed by atoms with Crippen LogP contribution in [-0.4, -0.2) is 58.2 Å². The molecule has 0 fully saturated rings. The van der Waals surface area contributed by atoms with Gasteiger partial charge >= 0.3 is 18.2 Å². The van der Waals surface area contributed by atoms with E-state index in [1.54, 1.807) is 68.8 Å². The summed E-state index contributed by atoms with van der Waals surface area (Å²) >= 11 is 1.25. The van der Waals surface area contributed by atoms with Gasteiger partial charge in [0, 0.05) is 30.5 Å². The quantitative estimate of drug-likeness (QED) is 0.0985. The van der Waals surface area contributed by atoms with Gasteiger partial charge in [0.05, 0.1) is 28.9 Å². The number of fused-ring (bicyclic) bond motifs is 1. The van der Waals surface area contributed by atoms with E-state index in [1.807, 2.05) is 18.2 Å². The van der Waals surface area contributed by atoms with Crippen molar-refractivity contribution in [3.8, 4) is 5.75 Å². The zero-order valence-corrected chi connectivity index (χ0v) is 25.6. The van der Waals surface area contributed by atoms with Crippen LogP contribution in [0.3, 0.4) is 0 Å². The highest BCUT2D eigenvalue weighted by Crippen LogP contribution is 2.31. The number of para-hydroxylation sites is 2. The molecule has 2 heterocycles. The van der Waals surface area contributed by atoms with Crippen molar-refractivity contribution in [2.24, 2.45) is 0 Å². The number of rotatable bonds is 11. The molecule has 0 spiro atoms. The molecule has 0 aliphatic carbocycles. The molecule has 4 rings (SSSR count). The smallest absolute Gasteiger partial charge is 0.429 e. The molecule has 0 saturated carbocycles. The lowest BCUT2D eigenvalue weighted by Gasteiger charge is -2.29. The molecule has 0 N–H and O–H groups in total. The van der Waals surface area contributed by atoms with E-state index in [0.29, 0.717) is 39.4 Å². The fraction of sp³-hybridized carbons (Fsp3) is 0.355. The van der Waals surface area contributed by atoms with E-state index in [-0.39, 0.29) is 24.7 Å². The first-order valence-electron chi connectivity index (χ1n) is 13.8. The summed E-state index contributed by atoms with van der Waals surface area (Å²) in [5, 5.41) is 1.84. The predicted molar refractivity (Wildman–Crippen MR) is 160 cm³/mol. The highest BCUT2D eigenvalue weighted by atomic mass is 32.2. The Balaban J connectivity index is 1.58. The third-order valence-corrected chi connectivity index (χ3v) is 7.04. The topological polar surface area (TPSA) is 95.8 Å². The normalized spacial score (nSPS) is 11.8. The van der Waals surface area contributed by atoms with Crippen LogP contribution in [0.25, 0.3) is 11.0 Å². The van der Waals surface area contributed by atoms with Crippen molar-refractivity contribution in [2.75, 3.05) is 24.8 Å². The van der Waals surface area contributed by atoms with Crippen molar-refractivity contribution in [1.29, 1.82) is 0 Å². The number of amides is 1. The molecule has 4 aromatic rings. The molecule has 0 aliphatic heterocycles. The summed E-state index contributed by atoms with van der Waals surface area (Å²) < 4.78 is 56.0. The third-order valence-electron chi connectivity index (χ3n) is 6.10. The van der Waals surface area contributed by atoms with Gasteiger partial charge in [-0.3, -0.25) is 4.98 Å². The van der Waals surface area contributed by atoms with Crippen LogP contribution in [0.1, 0.15) is 48.8 Å². The van der Waals surface area contributed by atoms with Gasteiger partial charge in [-0.05, 0) is 58.0 Å². The van der Waals surface area contributed by atoms with Crippen LogP contribution >= 0.6 is 11.8 Å². The van der Waals surface area contributed by atoms with Crippen molar-refractivity contribution >= 4 is 34.9 Å². The SMILES string of the molecule is Cc1c(OCC(F)(F)F)ccnc1CSc1nc2ccccc2n1N(CCCOC(=O)c1ccccc1)C(=O)OC(C)(C)C. The first-order valence-corrected chi connectivity index (χ1v) is 14.8. The molecule has 0 saturated heterocycles. The Bertz CT molecular complexity index is 1590. The van der Waals surface area contributed by atoms with Crippen LogP contribution in [0.15, 0.2) is 72.0 Å². The minimum atomic E-state index is -4.47. The van der Waals surface area contributed by atoms with Crippen LogP contribution in [-0.2, 0) is 15.2 Å². The lowest BCUT2D eigenvalue weighted by atomic mass is 10.2. The molecule has 234 valence electrons. The van der Waals surface area contributed by atoms with Gasteiger partial charge in [-0.1, -0.05) is 42.1 Å². The van der Waals surface area contributed by atoms with Crippen molar-refractivity contribution in [1.82, 2.24) is 14.6 Å². The average molecular weight is 631 g/mol. The lowest BCUT2D eigenvalue weighted by Crippen LogP contribution is -2.45. The van der Waals surface area contributed by atoms with E-state index >= 15 is 0 Å². The minimum Gasteiger partial charge on any atom is -0.484 e. The number of hydrogen-bond acceptors (Lipinski definition) is 8. The molecular weight excluding hydrogens is 597 g/mol. The maximum atomic E-state index is 13.5. The highest BCUT2D eigenvalue weighted by molar-refractivity contribution is 7.98. The summed E-state index contributed by atoms with van der Waals surface area (Å²) in [7, 11) is 0. The van der Waals surface area contributed by atoms with Crippen molar-refractivity contribution in [3.63, 3.8) is 0 Å². The minimum absolute atomic E-state index is 0.0516. The number of nitrogens with zero attached hydrogens (tertiary/aromatic N) is 4. The number of hydrogen-bond donors (Lipinski definition) is 0. The molecule has 0 aliphatic rings. The van der Waals surface area contributed by atoms with Gasteiger partial charge in [-0.15, -0.1) is 0 Å². The first kappa shape index (κ1) is 32.6. The van der Waals surface area contributed by atoms with Crippen LogP contribution in [0, 0.1) is 6.92 Å². The maximum absolute atomic E-state index is 13.5. The second kappa shape index (κ2) is 14.0. The molecule has 9 nitrogen and oxygen atoms in total. The second-order valence-electron chi connectivity index (χ2n) is 10.7. The Kier molecular flexibility index (Phi) is 10.4. The summed E-state index contributed by atoms with van der Waals surface area (Å²) in [5.41, 5.74) is 1.85. The highest BCUT2D eigenvalue weighted by Gasteiger charge is 2.29. The number of thioether (sulfide) groups is 1. The van der Waals surface area contributed by atoms with Gasteiger partial charge < -0.3 is 14.2 Å². The summed E-state index contributed by atoms with van der Waals surface area (Å²) in [5.74, 6) is -0.153. The molecule has 0 unspecified atom stereocenters. The molecule has 1 amide bonds. The number of esters is 1. The van der Waals surface area contributed by atoms with Crippen LogP contribution in [0.2, 0.25) is 0 Å². The summed E-state index contributed by atoms with van der Waals surface area (Å²) in [6.45, 7) is 5.68. The predicted octanol–water partition coefficient (Wildman–Crippen LogP) is 7.09. The summed E-state index contributed by atoms with van der Waals surface area (Å²) in [4.78, 5) is 35.0. The monoisotopic (exact) mass is 630 g/mol. The van der Waals surface area contributed by atoms with E-state index < -0.39 is 30.4 Å². The third kappa shape index (κ3) is 8.88. The molecular formula is C31H33F3N4O5S. The van der Waals surface area contributed by atoms with Gasteiger partial charge in [0.2, 0.25) is 0 Å². The number of benzene rings is 2. The Labute approximate surface area is 257 Å². The van der Waals surface area contributed by atoms with E-state index in [1.165, 1.54) is 29.0 Å². The fourth-order valence-electron chi connectivity index (χ4n) is 4.10. The standard InChI is InChI=1S/C31H33F3N4O5S/c1-21-24(35-16-15-26(21)42-20-31(32,33)34)19-44-28-36-23-13-8-9-14-25(23)38(28)37(29(40)43-30(2,3)4)17-10-18-41-27(39)22-11-6-5-7-12-22/h5-9,11-16H,10,17-20H2,1-4H3. The zero-order valence-electron chi connectivity index (χ0n) is 24.8. The fourth-order valence-corrected chi connectivity index (χ4v) is 5.13. The molecule has 0 radical (unpaired) electrons. The number of pyridine rings is 1.